The van der Waals surface area contributed by atoms with Gasteiger partial charge in [-0.3, -0.25) is 4.99 Å². The lowest BCUT2D eigenvalue weighted by molar-refractivity contribution is 0.169. The molecule has 5 heteroatoms. The molecule has 0 radical (unpaired) electrons. The average Bonchev–Trinajstić information content (AvgIpc) is 2.99. The molecule has 0 saturated carbocycles. The van der Waals surface area contributed by atoms with Crippen molar-refractivity contribution in [1.29, 1.82) is 0 Å². The molecule has 0 unspecified atom stereocenters. The molecule has 0 spiro atoms. The van der Waals surface area contributed by atoms with Crippen LogP contribution in [0.5, 0.6) is 0 Å². The third-order valence-electron chi connectivity index (χ3n) is 3.09. The van der Waals surface area contributed by atoms with Crippen molar-refractivity contribution in [2.45, 2.75) is 6.54 Å². The van der Waals surface area contributed by atoms with E-state index in [9.17, 15) is 0 Å². The van der Waals surface area contributed by atoms with Gasteiger partial charge in [0.05, 0.1) is 26.0 Å². The maximum Gasteiger partial charge on any atom is 0.130 e. The molecule has 1 aromatic heterocycles. The van der Waals surface area contributed by atoms with E-state index in [0.29, 0.717) is 31.3 Å². The van der Waals surface area contributed by atoms with Gasteiger partial charge in [0.2, 0.25) is 0 Å². The van der Waals surface area contributed by atoms with E-state index >= 15 is 0 Å². The van der Waals surface area contributed by atoms with Gasteiger partial charge in [-0.1, -0.05) is 17.7 Å². The number of furan rings is 1. The van der Waals surface area contributed by atoms with Crippen LogP contribution in [0.2, 0.25) is 5.02 Å². The highest BCUT2D eigenvalue weighted by Crippen LogP contribution is 2.23. The maximum absolute atomic E-state index is 6.09. The summed E-state index contributed by atoms with van der Waals surface area (Å²) < 4.78 is 10.9. The third-order valence-corrected chi connectivity index (χ3v) is 3.32. The molecule has 4 nitrogen and oxygen atoms in total. The highest BCUT2D eigenvalue weighted by Gasteiger charge is 2.18. The second-order valence-corrected chi connectivity index (χ2v) is 4.93. The Labute approximate surface area is 122 Å². The molecule has 0 aliphatic carbocycles. The van der Waals surface area contributed by atoms with Crippen molar-refractivity contribution in [3.8, 4) is 0 Å². The maximum atomic E-state index is 6.09. The zero-order valence-electron chi connectivity index (χ0n) is 11.0. The van der Waals surface area contributed by atoms with Gasteiger partial charge in [-0.25, -0.2) is 0 Å². The van der Waals surface area contributed by atoms with Gasteiger partial charge in [0.1, 0.15) is 18.2 Å². The molecule has 3 rings (SSSR count). The number of hydrogen-bond acceptors (Lipinski definition) is 4. The lowest BCUT2D eigenvalue weighted by Crippen LogP contribution is -2.36. The summed E-state index contributed by atoms with van der Waals surface area (Å²) in [6.07, 6.45) is 1.67. The molecule has 1 aliphatic rings. The minimum atomic E-state index is 0.507. The lowest BCUT2D eigenvalue weighted by atomic mass is 10.2. The first-order valence-corrected chi connectivity index (χ1v) is 6.87. The Morgan fingerprint density at radius 1 is 1.25 bits per heavy atom. The van der Waals surface area contributed by atoms with Gasteiger partial charge < -0.3 is 14.1 Å². The molecule has 1 aromatic carbocycles. The molecule has 2 heterocycles. The molecule has 0 bridgehead atoms. The van der Waals surface area contributed by atoms with Crippen molar-refractivity contribution in [2.75, 3.05) is 24.7 Å². The van der Waals surface area contributed by atoms with Crippen molar-refractivity contribution in [2.24, 2.45) is 4.99 Å². The van der Waals surface area contributed by atoms with Crippen molar-refractivity contribution < 1.29 is 9.15 Å². The summed E-state index contributed by atoms with van der Waals surface area (Å²) in [5, 5.41) is 0.698. The van der Waals surface area contributed by atoms with Gasteiger partial charge >= 0.3 is 0 Å². The second-order valence-electron chi connectivity index (χ2n) is 4.50. The number of amidine groups is 1. The van der Waals surface area contributed by atoms with Crippen LogP contribution < -0.4 is 4.90 Å². The predicted molar refractivity (Wildman–Crippen MR) is 79.5 cm³/mol. The normalized spacial score (nSPS) is 14.9. The fourth-order valence-corrected chi connectivity index (χ4v) is 2.33. The molecular formula is C15H15ClN2O2. The molecular weight excluding hydrogens is 276 g/mol. The van der Waals surface area contributed by atoms with Crippen LogP contribution in [0.1, 0.15) is 5.76 Å². The van der Waals surface area contributed by atoms with Gasteiger partial charge in [0.15, 0.2) is 0 Å². The molecule has 104 valence electrons. The number of benzene rings is 1. The predicted octanol–water partition coefficient (Wildman–Crippen LogP) is 3.37. The third kappa shape index (κ3) is 3.03. The molecule has 1 aliphatic heterocycles. The van der Waals surface area contributed by atoms with E-state index in [1.54, 1.807) is 6.26 Å². The number of nitrogens with zero attached hydrogens (tertiary/aromatic N) is 2. The monoisotopic (exact) mass is 290 g/mol. The fourth-order valence-electron chi connectivity index (χ4n) is 2.15. The Morgan fingerprint density at radius 2 is 2.20 bits per heavy atom. The lowest BCUT2D eigenvalue weighted by Gasteiger charge is -2.27. The van der Waals surface area contributed by atoms with Crippen molar-refractivity contribution in [1.82, 2.24) is 0 Å². The average molecular weight is 291 g/mol. The van der Waals surface area contributed by atoms with Crippen LogP contribution in [-0.4, -0.2) is 25.6 Å². The minimum absolute atomic E-state index is 0.507. The number of ether oxygens (including phenoxy) is 1. The Bertz CT molecular complexity index is 596. The minimum Gasteiger partial charge on any atom is -0.467 e. The first kappa shape index (κ1) is 13.2. The highest BCUT2D eigenvalue weighted by molar-refractivity contribution is 6.30. The van der Waals surface area contributed by atoms with Gasteiger partial charge in [-0.2, -0.15) is 0 Å². The summed E-state index contributed by atoms with van der Waals surface area (Å²) in [5.41, 5.74) is 0.984. The van der Waals surface area contributed by atoms with Crippen LogP contribution in [-0.2, 0) is 11.3 Å². The van der Waals surface area contributed by atoms with E-state index in [2.05, 4.69) is 9.89 Å². The SMILES string of the molecule is Clc1cccc(N(Cc2ccco2)C2=NCCOC2)c1. The standard InChI is InChI=1S/C15H15ClN2O2/c16-12-3-1-4-13(9-12)18(10-14-5-2-7-20-14)15-11-19-8-6-17-15/h1-5,7,9H,6,8,10-11H2. The van der Waals surface area contributed by atoms with E-state index in [-0.39, 0.29) is 0 Å². The quantitative estimate of drug-likeness (QED) is 0.870. The number of rotatable bonds is 3. The van der Waals surface area contributed by atoms with E-state index in [0.717, 1.165) is 17.3 Å². The number of halogens is 1. The van der Waals surface area contributed by atoms with E-state index in [1.807, 2.05) is 36.4 Å². The Morgan fingerprint density at radius 3 is 2.90 bits per heavy atom. The summed E-state index contributed by atoms with van der Waals surface area (Å²) in [6.45, 7) is 2.47. The molecule has 20 heavy (non-hydrogen) atoms. The summed E-state index contributed by atoms with van der Waals surface area (Å²) >= 11 is 6.09. The number of aliphatic imine (C=N–C) groups is 1. The van der Waals surface area contributed by atoms with E-state index in [1.165, 1.54) is 0 Å². The zero-order chi connectivity index (χ0) is 13.8. The largest absolute Gasteiger partial charge is 0.467 e. The van der Waals surface area contributed by atoms with Crippen LogP contribution in [0.25, 0.3) is 0 Å². The molecule has 0 fully saturated rings. The topological polar surface area (TPSA) is 38.0 Å². The van der Waals surface area contributed by atoms with Gasteiger partial charge in [-0.15, -0.1) is 0 Å². The van der Waals surface area contributed by atoms with E-state index in [4.69, 9.17) is 20.8 Å². The zero-order valence-corrected chi connectivity index (χ0v) is 11.7. The highest BCUT2D eigenvalue weighted by atomic mass is 35.5. The number of hydrogen-bond donors (Lipinski definition) is 0. The second kappa shape index (κ2) is 6.11. The Balaban J connectivity index is 1.92. The fraction of sp³-hybridized carbons (Fsp3) is 0.267. The molecule has 0 saturated heterocycles. The van der Waals surface area contributed by atoms with Crippen molar-refractivity contribution in [3.05, 3.63) is 53.4 Å². The molecule has 0 atom stereocenters. The molecule has 0 amide bonds. The smallest absolute Gasteiger partial charge is 0.130 e. The van der Waals surface area contributed by atoms with Gasteiger partial charge in [0.25, 0.3) is 0 Å². The van der Waals surface area contributed by atoms with Crippen LogP contribution in [0.3, 0.4) is 0 Å². The van der Waals surface area contributed by atoms with Crippen molar-refractivity contribution in [3.63, 3.8) is 0 Å². The summed E-state index contributed by atoms with van der Waals surface area (Å²) in [5.74, 6) is 1.77. The molecule has 2 aromatic rings. The van der Waals surface area contributed by atoms with Crippen LogP contribution in [0.4, 0.5) is 5.69 Å². The van der Waals surface area contributed by atoms with E-state index < -0.39 is 0 Å². The summed E-state index contributed by atoms with van der Waals surface area (Å²) in [4.78, 5) is 6.62. The van der Waals surface area contributed by atoms with Gasteiger partial charge in [-0.05, 0) is 30.3 Å². The molecule has 0 N–H and O–H groups in total. The Hall–Kier alpha value is -1.78. The Kier molecular flexibility index (Phi) is 4.04. The van der Waals surface area contributed by atoms with Crippen LogP contribution in [0.15, 0.2) is 52.1 Å². The summed E-state index contributed by atoms with van der Waals surface area (Å²) in [6, 6.07) is 11.5. The van der Waals surface area contributed by atoms with Crippen LogP contribution >= 0.6 is 11.6 Å². The summed E-state index contributed by atoms with van der Waals surface area (Å²) in [7, 11) is 0. The first-order chi connectivity index (χ1) is 9.83. The van der Waals surface area contributed by atoms with Crippen LogP contribution in [0, 0.1) is 0 Å². The van der Waals surface area contributed by atoms with Crippen molar-refractivity contribution >= 4 is 23.1 Å². The number of anilines is 1. The van der Waals surface area contributed by atoms with Gasteiger partial charge in [0, 0.05) is 10.7 Å². The first-order valence-electron chi connectivity index (χ1n) is 6.49.